The van der Waals surface area contributed by atoms with E-state index in [1.54, 1.807) is 0 Å². The molecule has 0 N–H and O–H groups in total. The highest BCUT2D eigenvalue weighted by Crippen LogP contribution is 2.52. The molecule has 0 bridgehead atoms. The van der Waals surface area contributed by atoms with E-state index in [1.165, 1.54) is 5.39 Å². The predicted molar refractivity (Wildman–Crippen MR) is 191 cm³/mol. The summed E-state index contributed by atoms with van der Waals surface area (Å²) in [6.07, 6.45) is 0. The van der Waals surface area contributed by atoms with E-state index in [-0.39, 0.29) is 0 Å². The third-order valence-corrected chi connectivity index (χ3v) is 9.22. The van der Waals surface area contributed by atoms with Crippen LogP contribution in [0, 0.1) is 0 Å². The molecule has 0 saturated heterocycles. The van der Waals surface area contributed by atoms with Crippen LogP contribution in [0.25, 0.3) is 77.9 Å². The Bertz CT molecular complexity index is 2630. The summed E-state index contributed by atoms with van der Waals surface area (Å²) in [4.78, 5) is 7.37. The van der Waals surface area contributed by atoms with E-state index in [4.69, 9.17) is 13.8 Å². The van der Waals surface area contributed by atoms with Gasteiger partial charge in [-0.25, -0.2) is 4.98 Å². The van der Waals surface area contributed by atoms with Crippen molar-refractivity contribution >= 4 is 49.8 Å². The Hall–Kier alpha value is -6.39. The molecule has 2 aromatic heterocycles. The smallest absolute Gasteiger partial charge is 0.227 e. The highest BCUT2D eigenvalue weighted by molar-refractivity contribution is 6.15. The number of aromatic nitrogens is 1. The van der Waals surface area contributed by atoms with Crippen LogP contribution in [0.4, 0.5) is 17.1 Å². The van der Waals surface area contributed by atoms with E-state index in [0.29, 0.717) is 5.89 Å². The predicted octanol–water partition coefficient (Wildman–Crippen LogP) is 12.2. The van der Waals surface area contributed by atoms with Crippen molar-refractivity contribution < 1.29 is 8.83 Å². The Kier molecular flexibility index (Phi) is 5.54. The van der Waals surface area contributed by atoms with Gasteiger partial charge in [-0.15, -0.1) is 0 Å². The minimum Gasteiger partial charge on any atom is -0.456 e. The molecule has 0 fully saturated rings. The summed E-state index contributed by atoms with van der Waals surface area (Å²) in [5, 5.41) is 4.49. The molecule has 0 amide bonds. The Morgan fingerprint density at radius 2 is 1.19 bits per heavy atom. The summed E-state index contributed by atoms with van der Waals surface area (Å²) in [6, 6.07) is 55.0. The lowest BCUT2D eigenvalue weighted by atomic mass is 9.99. The SMILES string of the molecule is c1ccc(-c2nc3c(o2)-c2cc(N(c4ccc5oc6ccccc6c5c4)c4ccccc4-c4ccccc4)cc4cccc-3c24)cc1. The molecule has 220 valence electrons. The Labute approximate surface area is 270 Å². The zero-order valence-electron chi connectivity index (χ0n) is 25.2. The van der Waals surface area contributed by atoms with Crippen LogP contribution in [-0.2, 0) is 0 Å². The first kappa shape index (κ1) is 25.9. The summed E-state index contributed by atoms with van der Waals surface area (Å²) in [5.74, 6) is 1.44. The highest BCUT2D eigenvalue weighted by atomic mass is 16.4. The maximum Gasteiger partial charge on any atom is 0.227 e. The van der Waals surface area contributed by atoms with Crippen LogP contribution >= 0.6 is 0 Å². The molecule has 1 aliphatic rings. The van der Waals surface area contributed by atoms with Gasteiger partial charge in [-0.05, 0) is 65.5 Å². The van der Waals surface area contributed by atoms with Gasteiger partial charge in [0.05, 0.1) is 5.69 Å². The van der Waals surface area contributed by atoms with Gasteiger partial charge in [0.15, 0.2) is 5.76 Å². The number of fused-ring (bicyclic) bond motifs is 6. The summed E-state index contributed by atoms with van der Waals surface area (Å²) in [7, 11) is 0. The van der Waals surface area contributed by atoms with Crippen LogP contribution in [0.1, 0.15) is 0 Å². The zero-order chi connectivity index (χ0) is 30.9. The normalized spacial score (nSPS) is 11.8. The van der Waals surface area contributed by atoms with Crippen LogP contribution in [0.2, 0.25) is 0 Å². The fourth-order valence-corrected chi connectivity index (χ4v) is 7.12. The van der Waals surface area contributed by atoms with E-state index in [0.717, 1.165) is 83.7 Å². The Balaban J connectivity index is 1.24. The molecule has 9 aromatic rings. The first-order valence-electron chi connectivity index (χ1n) is 15.8. The third-order valence-electron chi connectivity index (χ3n) is 9.22. The van der Waals surface area contributed by atoms with Crippen molar-refractivity contribution in [1.82, 2.24) is 4.98 Å². The minimum absolute atomic E-state index is 0.632. The van der Waals surface area contributed by atoms with Gasteiger partial charge in [-0.3, -0.25) is 0 Å². The Morgan fingerprint density at radius 1 is 0.468 bits per heavy atom. The molecule has 10 rings (SSSR count). The molecule has 2 heterocycles. The van der Waals surface area contributed by atoms with E-state index >= 15 is 0 Å². The molecule has 7 aromatic carbocycles. The average molecular weight is 603 g/mol. The summed E-state index contributed by atoms with van der Waals surface area (Å²) in [5.41, 5.74) is 11.2. The number of benzene rings is 7. The number of hydrogen-bond donors (Lipinski definition) is 0. The third kappa shape index (κ3) is 3.98. The van der Waals surface area contributed by atoms with Gasteiger partial charge in [0, 0.05) is 49.8 Å². The van der Waals surface area contributed by atoms with Crippen molar-refractivity contribution in [3.05, 3.63) is 158 Å². The van der Waals surface area contributed by atoms with Gasteiger partial charge in [0.2, 0.25) is 5.89 Å². The minimum atomic E-state index is 0.632. The molecule has 0 atom stereocenters. The number of rotatable bonds is 5. The fourth-order valence-electron chi connectivity index (χ4n) is 7.12. The quantitative estimate of drug-likeness (QED) is 0.197. The van der Waals surface area contributed by atoms with Crippen LogP contribution in [0.3, 0.4) is 0 Å². The molecular weight excluding hydrogens is 576 g/mol. The van der Waals surface area contributed by atoms with Crippen molar-refractivity contribution in [3.8, 4) is 45.2 Å². The number of nitrogens with zero attached hydrogens (tertiary/aromatic N) is 2. The maximum absolute atomic E-state index is 6.58. The second kappa shape index (κ2) is 10.1. The molecule has 0 radical (unpaired) electrons. The van der Waals surface area contributed by atoms with Crippen molar-refractivity contribution in [2.24, 2.45) is 0 Å². The lowest BCUT2D eigenvalue weighted by Crippen LogP contribution is -2.11. The summed E-state index contributed by atoms with van der Waals surface area (Å²) < 4.78 is 12.8. The van der Waals surface area contributed by atoms with Crippen molar-refractivity contribution in [3.63, 3.8) is 0 Å². The number of anilines is 3. The largest absolute Gasteiger partial charge is 0.456 e. The number of oxazole rings is 1. The molecule has 4 heteroatoms. The van der Waals surface area contributed by atoms with Gasteiger partial charge >= 0.3 is 0 Å². The summed E-state index contributed by atoms with van der Waals surface area (Å²) >= 11 is 0. The fraction of sp³-hybridized carbons (Fsp3) is 0. The van der Waals surface area contributed by atoms with Crippen LogP contribution in [-0.4, -0.2) is 4.98 Å². The van der Waals surface area contributed by atoms with Crippen molar-refractivity contribution in [2.75, 3.05) is 4.90 Å². The molecule has 0 spiro atoms. The van der Waals surface area contributed by atoms with E-state index in [1.807, 2.05) is 42.5 Å². The van der Waals surface area contributed by atoms with Crippen molar-refractivity contribution in [2.45, 2.75) is 0 Å². The van der Waals surface area contributed by atoms with Crippen molar-refractivity contribution in [1.29, 1.82) is 0 Å². The average Bonchev–Trinajstić information content (AvgIpc) is 3.82. The van der Waals surface area contributed by atoms with Gasteiger partial charge in [-0.1, -0.05) is 103 Å². The second-order valence-corrected chi connectivity index (χ2v) is 12.0. The standard InChI is InChI=1S/C43H26N2O2/c1-3-12-27(13-4-1)32-17-7-9-20-37(32)45(30-22-23-39-35(25-30)33-18-8-10-21-38(33)46-39)31-24-29-16-11-19-34-40(29)36(26-31)42-41(34)44-43(47-42)28-14-5-2-6-15-28/h1-26H. The van der Waals surface area contributed by atoms with Gasteiger partial charge in [-0.2, -0.15) is 0 Å². The molecule has 0 unspecified atom stereocenters. The van der Waals surface area contributed by atoms with Gasteiger partial charge < -0.3 is 13.7 Å². The van der Waals surface area contributed by atoms with E-state index in [9.17, 15) is 0 Å². The van der Waals surface area contributed by atoms with E-state index < -0.39 is 0 Å². The monoisotopic (exact) mass is 602 g/mol. The Morgan fingerprint density at radius 3 is 2.06 bits per heavy atom. The lowest BCUT2D eigenvalue weighted by Gasteiger charge is -2.28. The number of hydrogen-bond acceptors (Lipinski definition) is 4. The topological polar surface area (TPSA) is 42.4 Å². The number of furan rings is 1. The molecular formula is C43H26N2O2. The molecule has 0 saturated carbocycles. The second-order valence-electron chi connectivity index (χ2n) is 12.0. The van der Waals surface area contributed by atoms with Gasteiger partial charge in [0.1, 0.15) is 16.9 Å². The zero-order valence-corrected chi connectivity index (χ0v) is 25.2. The van der Waals surface area contributed by atoms with Crippen LogP contribution in [0.5, 0.6) is 0 Å². The maximum atomic E-state index is 6.58. The molecule has 4 nitrogen and oxygen atoms in total. The van der Waals surface area contributed by atoms with Gasteiger partial charge in [0.25, 0.3) is 0 Å². The highest BCUT2D eigenvalue weighted by Gasteiger charge is 2.30. The van der Waals surface area contributed by atoms with E-state index in [2.05, 4.69) is 120 Å². The van der Waals surface area contributed by atoms with Crippen LogP contribution in [0.15, 0.2) is 167 Å². The first-order chi connectivity index (χ1) is 23.3. The summed E-state index contributed by atoms with van der Waals surface area (Å²) in [6.45, 7) is 0. The number of para-hydroxylation sites is 2. The molecule has 47 heavy (non-hydrogen) atoms. The van der Waals surface area contributed by atoms with Crippen LogP contribution < -0.4 is 4.90 Å². The lowest BCUT2D eigenvalue weighted by molar-refractivity contribution is 0.590. The molecule has 0 aliphatic heterocycles. The first-order valence-corrected chi connectivity index (χ1v) is 15.8. The molecule has 1 aliphatic carbocycles.